The Morgan fingerprint density at radius 3 is 1.75 bits per heavy atom. The first-order chi connectivity index (χ1) is 36.6. The number of fused-ring (bicyclic) bond motifs is 15. The van der Waals surface area contributed by atoms with Crippen LogP contribution in [0.4, 0.5) is 0 Å². The van der Waals surface area contributed by atoms with E-state index >= 15 is 0 Å². The molecular weight excluding hydrogens is 924 g/mol. The molecule has 1 N–H and O–H groups in total. The van der Waals surface area contributed by atoms with Crippen molar-refractivity contribution in [2.24, 2.45) is 0 Å². The Morgan fingerprint density at radius 1 is 0.461 bits per heavy atom. The minimum Gasteiger partial charge on any atom is -0.507 e. The average molecular weight is 985 g/mol. The molecule has 0 spiro atoms. The van der Waals surface area contributed by atoms with E-state index in [2.05, 4.69) is 248 Å². The maximum Gasteiger partial charge on any atom is 0.244 e. The highest BCUT2D eigenvalue weighted by molar-refractivity contribution is 7.02. The molecule has 0 aliphatic carbocycles. The molecule has 0 amide bonds. The van der Waals surface area contributed by atoms with Crippen LogP contribution in [-0.2, 0) is 10.8 Å². The molecule has 0 saturated carbocycles. The third-order valence-corrected chi connectivity index (χ3v) is 16.9. The van der Waals surface area contributed by atoms with Crippen molar-refractivity contribution >= 4 is 72.5 Å². The lowest BCUT2D eigenvalue weighted by Crippen LogP contribution is -2.45. The molecule has 0 atom stereocenters. The quantitative estimate of drug-likeness (QED) is 0.133. The summed E-state index contributed by atoms with van der Waals surface area (Å²) in [6.07, 6.45) is 0. The molecule has 0 radical (unpaired) electrons. The minimum atomic E-state index is -0.340. The fraction of sp³-hybridized carbons (Fsp3) is 0.200. The van der Waals surface area contributed by atoms with Crippen molar-refractivity contribution in [2.75, 3.05) is 0 Å². The van der Waals surface area contributed by atoms with Gasteiger partial charge in [0.05, 0.1) is 38.8 Å². The van der Waals surface area contributed by atoms with E-state index in [0.717, 1.165) is 77.9 Å². The van der Waals surface area contributed by atoms with Gasteiger partial charge in [0.15, 0.2) is 0 Å². The number of para-hydroxylation sites is 3. The first-order valence-electron chi connectivity index (χ1n) is 27.2. The summed E-state index contributed by atoms with van der Waals surface area (Å²) in [7, 11) is 0. The minimum absolute atomic E-state index is 0.168. The van der Waals surface area contributed by atoms with Crippen LogP contribution in [0.3, 0.4) is 0 Å². The van der Waals surface area contributed by atoms with Crippen LogP contribution in [0.25, 0.3) is 111 Å². The number of pyridine rings is 1. The van der Waals surface area contributed by atoms with Crippen molar-refractivity contribution in [3.63, 3.8) is 0 Å². The van der Waals surface area contributed by atoms with Gasteiger partial charge < -0.3 is 5.11 Å². The van der Waals surface area contributed by atoms with Crippen molar-refractivity contribution in [2.45, 2.75) is 91.9 Å². The van der Waals surface area contributed by atoms with Crippen LogP contribution in [0, 0.1) is 0 Å². The zero-order chi connectivity index (χ0) is 52.3. The Labute approximate surface area is 445 Å². The van der Waals surface area contributed by atoms with Crippen LogP contribution in [0.2, 0.25) is 0 Å². The number of nitrogens with zero attached hydrogens (tertiary/aromatic N) is 4. The maximum absolute atomic E-state index is 12.8. The van der Waals surface area contributed by atoms with E-state index in [1.165, 1.54) is 71.7 Å². The summed E-state index contributed by atoms with van der Waals surface area (Å²) in [6.45, 7) is 22.7. The summed E-state index contributed by atoms with van der Waals surface area (Å²) in [5.74, 6) is 1.33. The summed E-state index contributed by atoms with van der Waals surface area (Å²) in [6, 6.07) is 62.7. The van der Waals surface area contributed by atoms with E-state index in [9.17, 15) is 5.11 Å². The fourth-order valence-corrected chi connectivity index (χ4v) is 13.1. The van der Waals surface area contributed by atoms with Crippen LogP contribution < -0.4 is 16.4 Å². The van der Waals surface area contributed by atoms with Gasteiger partial charge in [0.2, 0.25) is 6.71 Å². The van der Waals surface area contributed by atoms with E-state index in [4.69, 9.17) is 9.97 Å². The van der Waals surface area contributed by atoms with Gasteiger partial charge in [-0.05, 0) is 121 Å². The van der Waals surface area contributed by atoms with Gasteiger partial charge in [-0.25, -0.2) is 9.97 Å². The number of benzene rings is 9. The Kier molecular flexibility index (Phi) is 9.99. The Balaban J connectivity index is 1.07. The van der Waals surface area contributed by atoms with Crippen molar-refractivity contribution in [3.8, 4) is 67.3 Å². The van der Waals surface area contributed by atoms with Gasteiger partial charge in [-0.1, -0.05) is 213 Å². The second kappa shape index (κ2) is 16.4. The lowest BCUT2D eigenvalue weighted by molar-refractivity contribution is 0.446. The molecule has 9 aromatic carbocycles. The molecule has 5 heterocycles. The third kappa shape index (κ3) is 6.65. The van der Waals surface area contributed by atoms with Gasteiger partial charge in [0.1, 0.15) is 17.2 Å². The zero-order valence-electron chi connectivity index (χ0n) is 45.1. The number of rotatable bonds is 6. The highest BCUT2D eigenvalue weighted by atomic mass is 16.3. The Morgan fingerprint density at radius 2 is 1.05 bits per heavy atom. The highest BCUT2D eigenvalue weighted by Gasteiger charge is 2.42. The second-order valence-corrected chi connectivity index (χ2v) is 24.3. The Bertz CT molecular complexity index is 4420. The van der Waals surface area contributed by atoms with Crippen LogP contribution in [0.1, 0.15) is 103 Å². The molecule has 0 fully saturated rings. The van der Waals surface area contributed by atoms with Crippen molar-refractivity contribution in [1.29, 1.82) is 0 Å². The average Bonchev–Trinajstić information content (AvgIpc) is 4.24. The smallest absolute Gasteiger partial charge is 0.244 e. The predicted octanol–water partition coefficient (Wildman–Crippen LogP) is 16.2. The number of aromatic nitrogens is 4. The molecule has 0 unspecified atom stereocenters. The topological polar surface area (TPSA) is 55.3 Å². The molecule has 0 bridgehead atoms. The molecule has 0 saturated heterocycles. The molecule has 370 valence electrons. The van der Waals surface area contributed by atoms with Gasteiger partial charge >= 0.3 is 0 Å². The van der Waals surface area contributed by atoms with Crippen molar-refractivity contribution in [3.05, 3.63) is 192 Å². The second-order valence-electron chi connectivity index (χ2n) is 24.3. The molecule has 14 rings (SSSR count). The first kappa shape index (κ1) is 46.3. The van der Waals surface area contributed by atoms with Gasteiger partial charge in [0, 0.05) is 27.5 Å². The largest absolute Gasteiger partial charge is 0.507 e. The molecular formula is C70H61BN4O. The van der Waals surface area contributed by atoms with Crippen LogP contribution >= 0.6 is 0 Å². The van der Waals surface area contributed by atoms with E-state index in [-0.39, 0.29) is 35.1 Å². The Hall–Kier alpha value is -8.22. The van der Waals surface area contributed by atoms with Crippen LogP contribution in [0.15, 0.2) is 170 Å². The lowest BCUT2D eigenvalue weighted by atomic mass is 9.41. The van der Waals surface area contributed by atoms with E-state index in [0.29, 0.717) is 0 Å². The fourth-order valence-electron chi connectivity index (χ4n) is 13.1. The van der Waals surface area contributed by atoms with Crippen LogP contribution in [0.5, 0.6) is 5.75 Å². The summed E-state index contributed by atoms with van der Waals surface area (Å²) in [4.78, 5) is 11.6. The van der Waals surface area contributed by atoms with Gasteiger partial charge in [0.25, 0.3) is 0 Å². The standard InChI is InChI=1S/C70H61BN4O/c1-39(2)50-33-42(41-21-12-11-13-22-41)34-51(40(3)4)65(50)75-61-32-20-28-49(64(61)73-68(75)55-35-43(69(5,6)7)36-56(66(55)76)70(8,9)10)48-27-19-31-60-63(48)72-67-54-37-53-47-26-18-25-46-44-23-14-16-29-57(44)71(62(46)47)58(53)38-52(54)45-24-15-17-30-59(45)74(60)67/h11-40,76H,1-10H3. The molecule has 6 heteroatoms. The summed E-state index contributed by atoms with van der Waals surface area (Å²) in [5, 5.41) is 16.4. The SMILES string of the molecule is CC(C)c1cc(-c2ccccc2)cc(C(C)C)c1-n1c(-c2cc(C(C)(C)C)cc(C(C)(C)C)c2O)nc2c(-c3cccc4c3nc3c5cc6c(cc5c5ccccc5n43)B3c4ccccc4-c4cccc-6c43)cccc21. The number of phenols is 1. The van der Waals surface area contributed by atoms with Gasteiger partial charge in [-0.15, -0.1) is 0 Å². The number of hydrogen-bond donors (Lipinski definition) is 1. The van der Waals surface area contributed by atoms with Crippen LogP contribution in [-0.4, -0.2) is 30.8 Å². The number of imidazole rings is 2. The number of aromatic hydroxyl groups is 1. The third-order valence-electron chi connectivity index (χ3n) is 16.9. The molecule has 3 aromatic heterocycles. The summed E-state index contributed by atoms with van der Waals surface area (Å²) < 4.78 is 4.78. The molecule has 12 aromatic rings. The number of phenolic OH excluding ortho intramolecular Hbond substituents is 1. The monoisotopic (exact) mass is 984 g/mol. The number of hydrogen-bond acceptors (Lipinski definition) is 3. The normalized spacial score (nSPS) is 13.1. The summed E-state index contributed by atoms with van der Waals surface area (Å²) >= 11 is 0. The predicted molar refractivity (Wildman–Crippen MR) is 321 cm³/mol. The summed E-state index contributed by atoms with van der Waals surface area (Å²) in [5.41, 5.74) is 25.6. The van der Waals surface area contributed by atoms with Crippen molar-refractivity contribution in [1.82, 2.24) is 18.9 Å². The van der Waals surface area contributed by atoms with Gasteiger partial charge in [-0.3, -0.25) is 8.97 Å². The van der Waals surface area contributed by atoms with E-state index in [1.807, 2.05) is 0 Å². The molecule has 76 heavy (non-hydrogen) atoms. The first-order valence-corrected chi connectivity index (χ1v) is 27.2. The molecule has 2 aliphatic heterocycles. The molecule has 5 nitrogen and oxygen atoms in total. The van der Waals surface area contributed by atoms with Crippen molar-refractivity contribution < 1.29 is 5.11 Å². The highest BCUT2D eigenvalue weighted by Crippen LogP contribution is 2.48. The van der Waals surface area contributed by atoms with E-state index < -0.39 is 0 Å². The van der Waals surface area contributed by atoms with E-state index in [1.54, 1.807) is 0 Å². The van der Waals surface area contributed by atoms with Gasteiger partial charge in [-0.2, -0.15) is 0 Å². The zero-order valence-corrected chi connectivity index (χ0v) is 45.1. The lowest BCUT2D eigenvalue weighted by Gasteiger charge is -2.28. The maximum atomic E-state index is 12.8. The molecule has 2 aliphatic rings.